The molecule has 0 spiro atoms. The number of carbonyl (C=O) groups is 1. The summed E-state index contributed by atoms with van der Waals surface area (Å²) in [5.74, 6) is 0.606. The highest BCUT2D eigenvalue weighted by molar-refractivity contribution is 5.80. The number of benzene rings is 2. The van der Waals surface area contributed by atoms with E-state index in [4.69, 9.17) is 9.72 Å². The summed E-state index contributed by atoms with van der Waals surface area (Å²) in [5.41, 5.74) is 7.59. The Balaban J connectivity index is 1.37. The maximum atomic E-state index is 13.2. The van der Waals surface area contributed by atoms with E-state index >= 15 is 0 Å². The van der Waals surface area contributed by atoms with Crippen molar-refractivity contribution in [3.8, 4) is 22.5 Å². The van der Waals surface area contributed by atoms with Crippen molar-refractivity contribution in [3.05, 3.63) is 89.4 Å². The van der Waals surface area contributed by atoms with Gasteiger partial charge in [0.1, 0.15) is 5.65 Å². The molecule has 5 aromatic rings. The topological polar surface area (TPSA) is 110 Å². The third kappa shape index (κ3) is 5.19. The lowest BCUT2D eigenvalue weighted by Crippen LogP contribution is -2.37. The monoisotopic (exact) mass is 535 g/mol. The number of nitrogens with one attached hydrogen (secondary N) is 2. The third-order valence-electron chi connectivity index (χ3n) is 7.73. The number of ether oxygens (including phenoxy) is 1. The van der Waals surface area contributed by atoms with Gasteiger partial charge in [0.25, 0.3) is 0 Å². The smallest absolute Gasteiger partial charge is 0.408 e. The van der Waals surface area contributed by atoms with E-state index in [1.807, 2.05) is 73.8 Å². The summed E-state index contributed by atoms with van der Waals surface area (Å²) in [7, 11) is 0. The Morgan fingerprint density at radius 3 is 2.55 bits per heavy atom. The molecule has 9 nitrogen and oxygen atoms in total. The van der Waals surface area contributed by atoms with Crippen LogP contribution in [0.3, 0.4) is 0 Å². The molecule has 1 saturated carbocycles. The van der Waals surface area contributed by atoms with E-state index in [1.165, 1.54) is 6.42 Å². The van der Waals surface area contributed by atoms with E-state index in [0.29, 0.717) is 5.82 Å². The Hall–Kier alpha value is -4.53. The van der Waals surface area contributed by atoms with Crippen LogP contribution in [-0.4, -0.2) is 42.1 Å². The van der Waals surface area contributed by atoms with Crippen molar-refractivity contribution in [1.29, 1.82) is 0 Å². The first-order valence-corrected chi connectivity index (χ1v) is 14.0. The molecule has 9 heteroatoms. The highest BCUT2D eigenvalue weighted by atomic mass is 16.6. The largest absolute Gasteiger partial charge is 0.435 e. The predicted molar refractivity (Wildman–Crippen MR) is 153 cm³/mol. The number of H-pyrrole nitrogens is 1. The lowest BCUT2D eigenvalue weighted by Gasteiger charge is -2.25. The number of hydrogen-bond donors (Lipinski definition) is 2. The zero-order chi connectivity index (χ0) is 27.5. The van der Waals surface area contributed by atoms with E-state index < -0.39 is 12.2 Å². The molecule has 1 aliphatic rings. The number of rotatable bonds is 7. The van der Waals surface area contributed by atoms with E-state index in [9.17, 15) is 4.79 Å². The van der Waals surface area contributed by atoms with Gasteiger partial charge in [-0.15, -0.1) is 5.10 Å². The van der Waals surface area contributed by atoms with Gasteiger partial charge in [0, 0.05) is 17.8 Å². The Morgan fingerprint density at radius 1 is 1.05 bits per heavy atom. The van der Waals surface area contributed by atoms with Crippen LogP contribution >= 0.6 is 0 Å². The van der Waals surface area contributed by atoms with Crippen molar-refractivity contribution >= 4 is 11.7 Å². The highest BCUT2D eigenvalue weighted by Crippen LogP contribution is 2.33. The van der Waals surface area contributed by atoms with Crippen LogP contribution in [0, 0.1) is 6.92 Å². The molecule has 0 radical (unpaired) electrons. The van der Waals surface area contributed by atoms with Gasteiger partial charge < -0.3 is 10.1 Å². The van der Waals surface area contributed by atoms with Gasteiger partial charge in [-0.05, 0) is 64.9 Å². The van der Waals surface area contributed by atoms with Gasteiger partial charge in [0.2, 0.25) is 0 Å². The first-order valence-electron chi connectivity index (χ1n) is 14.0. The number of pyridine rings is 1. The zero-order valence-electron chi connectivity index (χ0n) is 22.8. The molecular formula is C31H33N7O2. The quantitative estimate of drug-likeness (QED) is 0.257. The van der Waals surface area contributed by atoms with Crippen LogP contribution in [-0.2, 0) is 11.2 Å². The molecule has 3 heterocycles. The fourth-order valence-corrected chi connectivity index (χ4v) is 5.56. The summed E-state index contributed by atoms with van der Waals surface area (Å²) in [6.07, 6.45) is 7.33. The van der Waals surface area contributed by atoms with Gasteiger partial charge >= 0.3 is 6.09 Å². The average molecular weight is 536 g/mol. The van der Waals surface area contributed by atoms with Crippen molar-refractivity contribution in [3.63, 3.8) is 0 Å². The lowest BCUT2D eigenvalue weighted by atomic mass is 9.96. The summed E-state index contributed by atoms with van der Waals surface area (Å²) in [6.45, 7) is 4.14. The Morgan fingerprint density at radius 2 is 1.82 bits per heavy atom. The van der Waals surface area contributed by atoms with Gasteiger partial charge in [0.15, 0.2) is 11.9 Å². The minimum Gasteiger partial charge on any atom is -0.435 e. The molecular weight excluding hydrogens is 502 g/mol. The fourth-order valence-electron chi connectivity index (χ4n) is 5.56. The molecule has 1 unspecified atom stereocenters. The second-order valence-corrected chi connectivity index (χ2v) is 10.4. The van der Waals surface area contributed by atoms with E-state index in [-0.39, 0.29) is 6.04 Å². The number of tetrazole rings is 1. The van der Waals surface area contributed by atoms with Crippen LogP contribution in [0.4, 0.5) is 4.79 Å². The van der Waals surface area contributed by atoms with Gasteiger partial charge in [-0.2, -0.15) is 0 Å². The Kier molecular flexibility index (Phi) is 7.27. The normalized spacial score (nSPS) is 14.8. The van der Waals surface area contributed by atoms with Crippen LogP contribution in [0.5, 0.6) is 0 Å². The number of aromatic amines is 1. The molecule has 0 saturated heterocycles. The summed E-state index contributed by atoms with van der Waals surface area (Å²) < 4.78 is 8.28. The van der Waals surface area contributed by atoms with E-state index in [1.54, 1.807) is 0 Å². The minimum absolute atomic E-state index is 0.157. The molecule has 0 bridgehead atoms. The second-order valence-electron chi connectivity index (χ2n) is 10.4. The molecule has 204 valence electrons. The maximum Gasteiger partial charge on any atom is 0.408 e. The minimum atomic E-state index is -0.617. The summed E-state index contributed by atoms with van der Waals surface area (Å²) in [4.78, 5) is 18.0. The van der Waals surface area contributed by atoms with Gasteiger partial charge in [-0.3, -0.25) is 4.40 Å². The maximum absolute atomic E-state index is 13.2. The standard InChI is InChI=1S/C31H33N7O2/c1-3-23-19-38-27(18-13-20(2)30(38)32-23)28(40-31(39)33-24-9-5-4-6-10-24)22-16-14-21(15-17-22)25-11-7-8-12-26(25)29-34-36-37-35-29/h7-8,11-19,24,28H,3-6,9-10H2,1-2H3,(H,33,39)(H,34,35,36,37). The van der Waals surface area contributed by atoms with Crippen molar-refractivity contribution in [1.82, 2.24) is 35.3 Å². The van der Waals surface area contributed by atoms with Gasteiger partial charge in [0.05, 0.1) is 11.4 Å². The molecule has 1 amide bonds. The Labute approximate surface area is 233 Å². The first-order chi connectivity index (χ1) is 19.6. The highest BCUT2D eigenvalue weighted by Gasteiger charge is 2.25. The third-order valence-corrected chi connectivity index (χ3v) is 7.73. The molecule has 2 N–H and O–H groups in total. The number of hydrogen-bond acceptors (Lipinski definition) is 6. The predicted octanol–water partition coefficient (Wildman–Crippen LogP) is 6.20. The van der Waals surface area contributed by atoms with Crippen molar-refractivity contribution < 1.29 is 9.53 Å². The number of nitrogens with zero attached hydrogens (tertiary/aromatic N) is 5. The van der Waals surface area contributed by atoms with E-state index in [2.05, 4.69) is 37.3 Å². The molecule has 1 fully saturated rings. The Bertz CT molecular complexity index is 1600. The molecule has 2 aromatic carbocycles. The molecule has 1 atom stereocenters. The van der Waals surface area contributed by atoms with Gasteiger partial charge in [-0.1, -0.05) is 80.8 Å². The summed E-state index contributed by atoms with van der Waals surface area (Å²) in [6, 6.07) is 20.3. The number of alkyl carbamates (subject to hydrolysis) is 1. The average Bonchev–Trinajstić information content (AvgIpc) is 3.69. The van der Waals surface area contributed by atoms with E-state index in [0.717, 1.165) is 77.0 Å². The first kappa shape index (κ1) is 25.7. The summed E-state index contributed by atoms with van der Waals surface area (Å²) >= 11 is 0. The van der Waals surface area contributed by atoms with Crippen molar-refractivity contribution in [2.75, 3.05) is 0 Å². The SMILES string of the molecule is CCc1cn2c(C(OC(=O)NC3CCCCC3)c3ccc(-c4ccccc4-c4nnn[nH]4)cc3)ccc(C)c2n1. The van der Waals surface area contributed by atoms with Crippen molar-refractivity contribution in [2.45, 2.75) is 64.5 Å². The lowest BCUT2D eigenvalue weighted by molar-refractivity contribution is 0.108. The second kappa shape index (κ2) is 11.3. The number of carbonyl (C=O) groups excluding carboxylic acids is 1. The summed E-state index contributed by atoms with van der Waals surface area (Å²) in [5, 5.41) is 17.5. The van der Waals surface area contributed by atoms with Gasteiger partial charge in [-0.25, -0.2) is 14.9 Å². The molecule has 0 aliphatic heterocycles. The van der Waals surface area contributed by atoms with Crippen molar-refractivity contribution in [2.24, 2.45) is 0 Å². The number of aromatic nitrogens is 6. The van der Waals surface area contributed by atoms with Crippen LogP contribution in [0.25, 0.3) is 28.2 Å². The number of amides is 1. The zero-order valence-corrected chi connectivity index (χ0v) is 22.8. The number of fused-ring (bicyclic) bond motifs is 1. The van der Waals surface area contributed by atoms with Crippen LogP contribution in [0.1, 0.15) is 67.6 Å². The number of imidazole rings is 1. The molecule has 6 rings (SSSR count). The van der Waals surface area contributed by atoms with Crippen LogP contribution in [0.15, 0.2) is 66.9 Å². The van der Waals surface area contributed by atoms with Crippen LogP contribution < -0.4 is 5.32 Å². The number of aryl methyl sites for hydroxylation is 2. The molecule has 40 heavy (non-hydrogen) atoms. The van der Waals surface area contributed by atoms with Crippen LogP contribution in [0.2, 0.25) is 0 Å². The fraction of sp³-hybridized carbons (Fsp3) is 0.323. The molecule has 1 aliphatic carbocycles. The molecule has 3 aromatic heterocycles.